The summed E-state index contributed by atoms with van der Waals surface area (Å²) in [6.07, 6.45) is 8.18. The molecule has 2 rings (SSSR count). The van der Waals surface area contributed by atoms with Crippen LogP contribution in [0.1, 0.15) is 37.7 Å². The summed E-state index contributed by atoms with van der Waals surface area (Å²) in [5.74, 6) is 0.582. The number of nitrogens with zero attached hydrogens (tertiary/aromatic N) is 1. The van der Waals surface area contributed by atoms with Crippen molar-refractivity contribution < 1.29 is 4.74 Å². The van der Waals surface area contributed by atoms with Crippen LogP contribution in [0.3, 0.4) is 0 Å². The summed E-state index contributed by atoms with van der Waals surface area (Å²) in [5, 5.41) is 3.69. The van der Waals surface area contributed by atoms with Crippen LogP contribution in [0.5, 0.6) is 5.88 Å². The monoisotopic (exact) mass is 254 g/mol. The molecule has 1 aliphatic rings. The Balaban J connectivity index is 2.00. The third kappa shape index (κ3) is 3.58. The number of hydrogen-bond acceptors (Lipinski definition) is 3. The molecule has 0 amide bonds. The molecule has 1 heterocycles. The van der Waals surface area contributed by atoms with Gasteiger partial charge in [-0.15, -0.1) is 0 Å². The van der Waals surface area contributed by atoms with Crippen LogP contribution in [0.25, 0.3) is 0 Å². The third-order valence-electron chi connectivity index (χ3n) is 3.08. The molecule has 94 valence electrons. The van der Waals surface area contributed by atoms with Crippen molar-refractivity contribution in [1.29, 1.82) is 0 Å². The Morgan fingerprint density at radius 3 is 2.82 bits per heavy atom. The van der Waals surface area contributed by atoms with E-state index in [0.717, 1.165) is 24.9 Å². The smallest absolute Gasteiger partial charge is 0.232 e. The van der Waals surface area contributed by atoms with Crippen LogP contribution in [0, 0.1) is 0 Å². The summed E-state index contributed by atoms with van der Waals surface area (Å²) >= 11 is 6.17. The highest BCUT2D eigenvalue weighted by Gasteiger charge is 2.16. The van der Waals surface area contributed by atoms with E-state index in [-0.39, 0.29) is 0 Å². The summed E-state index contributed by atoms with van der Waals surface area (Å²) in [5.41, 5.74) is 1.08. The zero-order valence-electron chi connectivity index (χ0n) is 10.2. The molecule has 0 aromatic carbocycles. The SMILES string of the molecule is CNCc1cnc(OC2CCCCC2)c(Cl)c1. The molecule has 1 aliphatic carbocycles. The van der Waals surface area contributed by atoms with E-state index in [0.29, 0.717) is 17.0 Å². The van der Waals surface area contributed by atoms with Gasteiger partial charge in [0.05, 0.1) is 0 Å². The number of pyridine rings is 1. The first kappa shape index (κ1) is 12.7. The summed E-state index contributed by atoms with van der Waals surface area (Å²) in [7, 11) is 1.90. The Kier molecular flexibility index (Phi) is 4.63. The van der Waals surface area contributed by atoms with Crippen molar-refractivity contribution in [3.8, 4) is 5.88 Å². The number of rotatable bonds is 4. The van der Waals surface area contributed by atoms with Gasteiger partial charge in [0, 0.05) is 12.7 Å². The fraction of sp³-hybridized carbons (Fsp3) is 0.615. The Labute approximate surface area is 108 Å². The van der Waals surface area contributed by atoms with Crippen LogP contribution in [0.4, 0.5) is 0 Å². The minimum atomic E-state index is 0.295. The highest BCUT2D eigenvalue weighted by Crippen LogP contribution is 2.27. The van der Waals surface area contributed by atoms with Crippen LogP contribution in [-0.2, 0) is 6.54 Å². The molecular weight excluding hydrogens is 236 g/mol. The second-order valence-electron chi connectivity index (χ2n) is 4.54. The van der Waals surface area contributed by atoms with Crippen molar-refractivity contribution in [2.45, 2.75) is 44.8 Å². The van der Waals surface area contributed by atoms with Gasteiger partial charge in [-0.2, -0.15) is 0 Å². The van der Waals surface area contributed by atoms with E-state index in [1.165, 1.54) is 19.3 Å². The maximum absolute atomic E-state index is 6.17. The molecule has 0 unspecified atom stereocenters. The topological polar surface area (TPSA) is 34.2 Å². The molecule has 4 heteroatoms. The van der Waals surface area contributed by atoms with Gasteiger partial charge in [0.25, 0.3) is 0 Å². The molecule has 1 N–H and O–H groups in total. The number of nitrogens with one attached hydrogen (secondary N) is 1. The fourth-order valence-electron chi connectivity index (χ4n) is 2.19. The molecule has 1 aromatic heterocycles. The Bertz CT molecular complexity index is 364. The highest BCUT2D eigenvalue weighted by atomic mass is 35.5. The van der Waals surface area contributed by atoms with Gasteiger partial charge >= 0.3 is 0 Å². The van der Waals surface area contributed by atoms with Crippen molar-refractivity contribution in [3.05, 3.63) is 22.8 Å². The van der Waals surface area contributed by atoms with Crippen LogP contribution in [0.15, 0.2) is 12.3 Å². The summed E-state index contributed by atoms with van der Waals surface area (Å²) < 4.78 is 5.86. The van der Waals surface area contributed by atoms with Gasteiger partial charge < -0.3 is 10.1 Å². The van der Waals surface area contributed by atoms with Crippen molar-refractivity contribution in [1.82, 2.24) is 10.3 Å². The Morgan fingerprint density at radius 2 is 2.18 bits per heavy atom. The van der Waals surface area contributed by atoms with Gasteiger partial charge in [0.2, 0.25) is 5.88 Å². The second kappa shape index (κ2) is 6.22. The lowest BCUT2D eigenvalue weighted by molar-refractivity contribution is 0.149. The first-order valence-electron chi connectivity index (χ1n) is 6.25. The van der Waals surface area contributed by atoms with E-state index in [1.54, 1.807) is 0 Å². The van der Waals surface area contributed by atoms with Crippen molar-refractivity contribution in [3.63, 3.8) is 0 Å². The fourth-order valence-corrected chi connectivity index (χ4v) is 2.43. The predicted molar refractivity (Wildman–Crippen MR) is 69.5 cm³/mol. The van der Waals surface area contributed by atoms with Crippen LogP contribution in [0.2, 0.25) is 5.02 Å². The molecule has 0 saturated heterocycles. The van der Waals surface area contributed by atoms with E-state index in [4.69, 9.17) is 16.3 Å². The summed E-state index contributed by atoms with van der Waals surface area (Å²) in [6.45, 7) is 0.774. The number of aromatic nitrogens is 1. The van der Waals surface area contributed by atoms with Crippen LogP contribution >= 0.6 is 11.6 Å². The van der Waals surface area contributed by atoms with E-state index in [1.807, 2.05) is 19.3 Å². The van der Waals surface area contributed by atoms with E-state index < -0.39 is 0 Å². The molecule has 1 aromatic rings. The van der Waals surface area contributed by atoms with Crippen LogP contribution < -0.4 is 10.1 Å². The maximum atomic E-state index is 6.17. The van der Waals surface area contributed by atoms with Crippen molar-refractivity contribution in [2.75, 3.05) is 7.05 Å². The number of ether oxygens (including phenoxy) is 1. The lowest BCUT2D eigenvalue weighted by atomic mass is 9.98. The van der Waals surface area contributed by atoms with E-state index in [9.17, 15) is 0 Å². The van der Waals surface area contributed by atoms with Crippen molar-refractivity contribution in [2.24, 2.45) is 0 Å². The molecule has 0 atom stereocenters. The minimum absolute atomic E-state index is 0.295. The van der Waals surface area contributed by atoms with Gasteiger partial charge in [0.1, 0.15) is 11.1 Å². The molecule has 1 saturated carbocycles. The normalized spacial score (nSPS) is 17.1. The Hall–Kier alpha value is -0.800. The number of halogens is 1. The lowest BCUT2D eigenvalue weighted by Crippen LogP contribution is -2.20. The third-order valence-corrected chi connectivity index (χ3v) is 3.35. The molecule has 0 bridgehead atoms. The minimum Gasteiger partial charge on any atom is -0.473 e. The second-order valence-corrected chi connectivity index (χ2v) is 4.95. The molecular formula is C13H19ClN2O. The molecule has 17 heavy (non-hydrogen) atoms. The highest BCUT2D eigenvalue weighted by molar-refractivity contribution is 6.31. The average Bonchev–Trinajstić information content (AvgIpc) is 2.34. The van der Waals surface area contributed by atoms with E-state index in [2.05, 4.69) is 10.3 Å². The summed E-state index contributed by atoms with van der Waals surface area (Å²) in [4.78, 5) is 4.30. The first-order chi connectivity index (χ1) is 8.29. The van der Waals surface area contributed by atoms with Crippen LogP contribution in [-0.4, -0.2) is 18.1 Å². The van der Waals surface area contributed by atoms with Gasteiger partial charge in [0.15, 0.2) is 0 Å². The molecule has 0 spiro atoms. The maximum Gasteiger partial charge on any atom is 0.232 e. The molecule has 0 radical (unpaired) electrons. The Morgan fingerprint density at radius 1 is 1.41 bits per heavy atom. The zero-order valence-corrected chi connectivity index (χ0v) is 11.0. The average molecular weight is 255 g/mol. The van der Waals surface area contributed by atoms with Gasteiger partial charge in [-0.3, -0.25) is 0 Å². The largest absolute Gasteiger partial charge is 0.473 e. The zero-order chi connectivity index (χ0) is 12.1. The molecule has 1 fully saturated rings. The summed E-state index contributed by atoms with van der Waals surface area (Å²) in [6, 6.07) is 1.92. The molecule has 0 aliphatic heterocycles. The van der Waals surface area contributed by atoms with Crippen molar-refractivity contribution >= 4 is 11.6 Å². The van der Waals surface area contributed by atoms with Gasteiger partial charge in [-0.25, -0.2) is 4.98 Å². The number of hydrogen-bond donors (Lipinski definition) is 1. The molecule has 3 nitrogen and oxygen atoms in total. The predicted octanol–water partition coefficient (Wildman–Crippen LogP) is 3.17. The van der Waals surface area contributed by atoms with Gasteiger partial charge in [-0.05, 0) is 44.4 Å². The van der Waals surface area contributed by atoms with Gasteiger partial charge in [-0.1, -0.05) is 18.0 Å². The quantitative estimate of drug-likeness (QED) is 0.896. The lowest BCUT2D eigenvalue weighted by Gasteiger charge is -2.22. The first-order valence-corrected chi connectivity index (χ1v) is 6.63. The standard InChI is InChI=1S/C13H19ClN2O/c1-15-8-10-7-12(14)13(16-9-10)17-11-5-3-2-4-6-11/h7,9,11,15H,2-6,8H2,1H3. The van der Waals surface area contributed by atoms with E-state index >= 15 is 0 Å².